The Kier molecular flexibility index (Phi) is 6.41. The van der Waals surface area contributed by atoms with E-state index in [1.807, 2.05) is 13.0 Å². The van der Waals surface area contributed by atoms with Crippen molar-refractivity contribution in [3.05, 3.63) is 64.1 Å². The minimum Gasteiger partial charge on any atom is -0.497 e. The monoisotopic (exact) mass is 451 g/mol. The van der Waals surface area contributed by atoms with Crippen LogP contribution in [0, 0.1) is 6.92 Å². The number of carbonyl (C=O) groups excluding carboxylic acids is 1. The molecule has 1 amide bonds. The molecule has 1 heterocycles. The molecule has 0 fully saturated rings. The van der Waals surface area contributed by atoms with Crippen LogP contribution in [-0.2, 0) is 21.2 Å². The molecule has 2 N–H and O–H groups in total. The maximum Gasteiger partial charge on any atom is 0.263 e. The molecular weight excluding hydrogens is 434 g/mol. The number of hydrogen-bond donors (Lipinski definition) is 2. The third-order valence-electron chi connectivity index (χ3n) is 3.96. The van der Waals surface area contributed by atoms with Gasteiger partial charge >= 0.3 is 0 Å². The van der Waals surface area contributed by atoms with Crippen LogP contribution in [0.3, 0.4) is 0 Å². The number of thiazole rings is 1. The molecule has 0 unspecified atom stereocenters. The number of aryl methyl sites for hydroxylation is 1. The minimum absolute atomic E-state index is 0.00666. The molecule has 0 bridgehead atoms. The van der Waals surface area contributed by atoms with Gasteiger partial charge in [-0.05, 0) is 48.9 Å². The fourth-order valence-corrected chi connectivity index (χ4v) is 4.59. The second-order valence-electron chi connectivity index (χ2n) is 6.11. The van der Waals surface area contributed by atoms with Gasteiger partial charge in [-0.2, -0.15) is 0 Å². The van der Waals surface area contributed by atoms with Gasteiger partial charge in [0.15, 0.2) is 5.13 Å². The van der Waals surface area contributed by atoms with Crippen molar-refractivity contribution >= 4 is 49.7 Å². The first kappa shape index (κ1) is 21.1. The van der Waals surface area contributed by atoms with Gasteiger partial charge in [0.1, 0.15) is 5.75 Å². The van der Waals surface area contributed by atoms with Crippen LogP contribution >= 0.6 is 22.9 Å². The number of benzene rings is 2. The smallest absolute Gasteiger partial charge is 0.263 e. The summed E-state index contributed by atoms with van der Waals surface area (Å²) >= 11 is 7.06. The predicted molar refractivity (Wildman–Crippen MR) is 114 cm³/mol. The number of nitrogens with one attached hydrogen (secondary N) is 2. The largest absolute Gasteiger partial charge is 0.497 e. The quantitative estimate of drug-likeness (QED) is 0.563. The number of hydrogen-bond acceptors (Lipinski definition) is 6. The molecule has 3 aromatic rings. The number of methoxy groups -OCH3 is 1. The molecule has 3 rings (SSSR count). The van der Waals surface area contributed by atoms with Crippen molar-refractivity contribution in [3.8, 4) is 5.75 Å². The number of nitrogens with zero attached hydrogens (tertiary/aromatic N) is 1. The van der Waals surface area contributed by atoms with Gasteiger partial charge in [0.25, 0.3) is 10.0 Å². The molecule has 0 atom stereocenters. The Labute approximate surface area is 177 Å². The van der Waals surface area contributed by atoms with Gasteiger partial charge in [0, 0.05) is 16.1 Å². The van der Waals surface area contributed by atoms with Gasteiger partial charge in [-0.25, -0.2) is 13.4 Å². The van der Waals surface area contributed by atoms with Crippen LogP contribution in [0.25, 0.3) is 0 Å². The van der Waals surface area contributed by atoms with Gasteiger partial charge in [0.2, 0.25) is 5.91 Å². The lowest BCUT2D eigenvalue weighted by Gasteiger charge is -2.08. The molecule has 0 saturated carbocycles. The Balaban J connectivity index is 1.65. The number of ether oxygens (including phenoxy) is 1. The van der Waals surface area contributed by atoms with Crippen LogP contribution in [0.1, 0.15) is 11.3 Å². The Morgan fingerprint density at radius 2 is 1.93 bits per heavy atom. The standard InChI is InChI=1S/C19H18ClN3O4S2/c1-12-3-4-13(20)9-17(12)22-18(24)10-14-11-28-19(21-14)23-29(25,26)16-7-5-15(27-2)6-8-16/h3-9,11H,10H2,1-2H3,(H,21,23)(H,22,24). The van der Waals surface area contributed by atoms with Crippen LogP contribution in [0.15, 0.2) is 52.7 Å². The van der Waals surface area contributed by atoms with E-state index in [-0.39, 0.29) is 22.4 Å². The highest BCUT2D eigenvalue weighted by molar-refractivity contribution is 7.93. The van der Waals surface area contributed by atoms with Gasteiger partial charge in [-0.3, -0.25) is 9.52 Å². The Morgan fingerprint density at radius 3 is 2.62 bits per heavy atom. The molecule has 10 heteroatoms. The number of amides is 1. The molecule has 0 radical (unpaired) electrons. The van der Waals surface area contributed by atoms with E-state index in [9.17, 15) is 13.2 Å². The lowest BCUT2D eigenvalue weighted by molar-refractivity contribution is -0.115. The van der Waals surface area contributed by atoms with Crippen molar-refractivity contribution in [1.29, 1.82) is 0 Å². The molecular formula is C19H18ClN3O4S2. The molecule has 0 aliphatic heterocycles. The highest BCUT2D eigenvalue weighted by Gasteiger charge is 2.17. The van der Waals surface area contributed by atoms with Crippen molar-refractivity contribution in [1.82, 2.24) is 4.98 Å². The number of halogens is 1. The van der Waals surface area contributed by atoms with E-state index in [0.29, 0.717) is 22.2 Å². The number of carbonyl (C=O) groups is 1. The zero-order valence-electron chi connectivity index (χ0n) is 15.6. The van der Waals surface area contributed by atoms with Gasteiger partial charge in [-0.1, -0.05) is 17.7 Å². The molecule has 1 aromatic heterocycles. The van der Waals surface area contributed by atoms with E-state index >= 15 is 0 Å². The van der Waals surface area contributed by atoms with Crippen molar-refractivity contribution in [2.24, 2.45) is 0 Å². The summed E-state index contributed by atoms with van der Waals surface area (Å²) in [5, 5.41) is 5.13. The Morgan fingerprint density at radius 1 is 1.21 bits per heavy atom. The third-order valence-corrected chi connectivity index (χ3v) is 6.48. The van der Waals surface area contributed by atoms with Gasteiger partial charge in [0.05, 0.1) is 24.1 Å². The first-order valence-electron chi connectivity index (χ1n) is 8.44. The fraction of sp³-hybridized carbons (Fsp3) is 0.158. The maximum atomic E-state index is 12.5. The van der Waals surface area contributed by atoms with Gasteiger partial charge < -0.3 is 10.1 Å². The molecule has 0 saturated heterocycles. The van der Waals surface area contributed by atoms with E-state index < -0.39 is 10.0 Å². The molecule has 0 aliphatic carbocycles. The van der Waals surface area contributed by atoms with E-state index in [0.717, 1.165) is 16.9 Å². The first-order valence-corrected chi connectivity index (χ1v) is 11.2. The van der Waals surface area contributed by atoms with Crippen molar-refractivity contribution in [2.75, 3.05) is 17.1 Å². The van der Waals surface area contributed by atoms with Gasteiger partial charge in [-0.15, -0.1) is 11.3 Å². The summed E-state index contributed by atoms with van der Waals surface area (Å²) in [6, 6.07) is 11.2. The SMILES string of the molecule is COc1ccc(S(=O)(=O)Nc2nc(CC(=O)Nc3cc(Cl)ccc3C)cs2)cc1. The van der Waals surface area contributed by atoms with E-state index in [4.69, 9.17) is 16.3 Å². The first-order chi connectivity index (χ1) is 13.8. The van der Waals surface area contributed by atoms with Crippen LogP contribution < -0.4 is 14.8 Å². The predicted octanol–water partition coefficient (Wildman–Crippen LogP) is 4.10. The summed E-state index contributed by atoms with van der Waals surface area (Å²) < 4.78 is 32.4. The average Bonchev–Trinajstić information content (AvgIpc) is 3.10. The Hall–Kier alpha value is -2.62. The molecule has 2 aromatic carbocycles. The van der Waals surface area contributed by atoms with E-state index in [1.54, 1.807) is 29.6 Å². The fourth-order valence-electron chi connectivity index (χ4n) is 2.45. The average molecular weight is 452 g/mol. The summed E-state index contributed by atoms with van der Waals surface area (Å²) in [6.07, 6.45) is 0.00666. The summed E-state index contributed by atoms with van der Waals surface area (Å²) in [4.78, 5) is 16.6. The second-order valence-corrected chi connectivity index (χ2v) is 9.09. The van der Waals surface area contributed by atoms with Crippen molar-refractivity contribution in [3.63, 3.8) is 0 Å². The second kappa shape index (κ2) is 8.81. The van der Waals surface area contributed by atoms with E-state index in [1.165, 1.54) is 19.2 Å². The normalized spacial score (nSPS) is 11.1. The minimum atomic E-state index is -3.79. The number of anilines is 2. The zero-order valence-corrected chi connectivity index (χ0v) is 18.0. The number of aromatic nitrogens is 1. The molecule has 0 aliphatic rings. The molecule has 0 spiro atoms. The van der Waals surface area contributed by atoms with Crippen LogP contribution in [-0.4, -0.2) is 26.4 Å². The Bertz CT molecular complexity index is 1130. The molecule has 7 nitrogen and oxygen atoms in total. The van der Waals surface area contributed by atoms with Crippen LogP contribution in [0.4, 0.5) is 10.8 Å². The highest BCUT2D eigenvalue weighted by Crippen LogP contribution is 2.23. The lowest BCUT2D eigenvalue weighted by Crippen LogP contribution is -2.16. The zero-order chi connectivity index (χ0) is 21.0. The summed E-state index contributed by atoms with van der Waals surface area (Å²) in [5.74, 6) is 0.284. The summed E-state index contributed by atoms with van der Waals surface area (Å²) in [6.45, 7) is 1.86. The molecule has 29 heavy (non-hydrogen) atoms. The van der Waals surface area contributed by atoms with Crippen LogP contribution in [0.5, 0.6) is 5.75 Å². The van der Waals surface area contributed by atoms with E-state index in [2.05, 4.69) is 15.0 Å². The lowest BCUT2D eigenvalue weighted by atomic mass is 10.2. The maximum absolute atomic E-state index is 12.5. The topological polar surface area (TPSA) is 97.4 Å². The number of sulfonamides is 1. The van der Waals surface area contributed by atoms with Crippen molar-refractivity contribution in [2.45, 2.75) is 18.2 Å². The summed E-state index contributed by atoms with van der Waals surface area (Å²) in [7, 11) is -2.28. The summed E-state index contributed by atoms with van der Waals surface area (Å²) in [5.41, 5.74) is 1.96. The highest BCUT2D eigenvalue weighted by atomic mass is 35.5. The van der Waals surface area contributed by atoms with Crippen LogP contribution in [0.2, 0.25) is 5.02 Å². The molecule has 152 valence electrons. The number of rotatable bonds is 7. The third kappa shape index (κ3) is 5.47. The van der Waals surface area contributed by atoms with Crippen molar-refractivity contribution < 1.29 is 17.9 Å².